The molecule has 1 aliphatic rings. The molecule has 1 heterocycles. The van der Waals surface area contributed by atoms with Crippen molar-refractivity contribution in [1.82, 2.24) is 10.2 Å². The zero-order chi connectivity index (χ0) is 20.4. The maximum absolute atomic E-state index is 12.7. The molecule has 1 fully saturated rings. The molecule has 1 saturated heterocycles. The third-order valence-electron chi connectivity index (χ3n) is 5.30. The number of para-hydroxylation sites is 1. The number of allylic oxidation sites excluding steroid dienone is 3. The van der Waals surface area contributed by atoms with Crippen LogP contribution >= 0.6 is 0 Å². The first-order valence-electron chi connectivity index (χ1n) is 10.5. The summed E-state index contributed by atoms with van der Waals surface area (Å²) >= 11 is 0. The van der Waals surface area contributed by atoms with Crippen molar-refractivity contribution < 1.29 is 9.53 Å². The van der Waals surface area contributed by atoms with Crippen molar-refractivity contribution in [3.8, 4) is 5.75 Å². The van der Waals surface area contributed by atoms with E-state index in [0.29, 0.717) is 30.5 Å². The van der Waals surface area contributed by atoms with E-state index in [4.69, 9.17) is 4.74 Å². The van der Waals surface area contributed by atoms with Gasteiger partial charge in [-0.15, -0.1) is 0 Å². The van der Waals surface area contributed by atoms with E-state index in [1.165, 1.54) is 17.6 Å². The lowest BCUT2D eigenvalue weighted by molar-refractivity contribution is 0.0938. The first-order valence-corrected chi connectivity index (χ1v) is 10.5. The van der Waals surface area contributed by atoms with Crippen LogP contribution in [0.5, 0.6) is 5.75 Å². The molecule has 0 radical (unpaired) electrons. The molecular weight excluding hydrogens is 348 g/mol. The average Bonchev–Trinajstić information content (AvgIpc) is 3.14. The van der Waals surface area contributed by atoms with Crippen molar-refractivity contribution in [2.75, 3.05) is 26.2 Å². The third kappa shape index (κ3) is 7.16. The fourth-order valence-corrected chi connectivity index (χ4v) is 3.59. The normalized spacial score (nSPS) is 17.4. The topological polar surface area (TPSA) is 41.6 Å². The zero-order valence-corrected chi connectivity index (χ0v) is 18.0. The van der Waals surface area contributed by atoms with Crippen LogP contribution < -0.4 is 10.1 Å². The first-order chi connectivity index (χ1) is 13.5. The summed E-state index contributed by atoms with van der Waals surface area (Å²) in [6, 6.07) is 7.95. The Bertz CT molecular complexity index is 690. The van der Waals surface area contributed by atoms with Crippen molar-refractivity contribution in [2.45, 2.75) is 59.4 Å². The SMILES string of the molecule is CCN1CCCC1CNC(=O)c1ccccc1OC/C=C(\C)CCC=C(C)C. The molecule has 4 nitrogen and oxygen atoms in total. The third-order valence-corrected chi connectivity index (χ3v) is 5.30. The number of ether oxygens (including phenoxy) is 1. The predicted octanol–water partition coefficient (Wildman–Crippen LogP) is 4.97. The summed E-state index contributed by atoms with van der Waals surface area (Å²) in [6.45, 7) is 11.9. The van der Waals surface area contributed by atoms with E-state index >= 15 is 0 Å². The van der Waals surface area contributed by atoms with Gasteiger partial charge in [0.15, 0.2) is 0 Å². The molecule has 1 atom stereocenters. The summed E-state index contributed by atoms with van der Waals surface area (Å²) < 4.78 is 5.91. The zero-order valence-electron chi connectivity index (χ0n) is 18.0. The molecule has 4 heteroatoms. The Balaban J connectivity index is 1.87. The quantitative estimate of drug-likeness (QED) is 0.579. The van der Waals surface area contributed by atoms with Crippen LogP contribution in [-0.2, 0) is 0 Å². The van der Waals surface area contributed by atoms with Gasteiger partial charge in [-0.1, -0.05) is 36.3 Å². The van der Waals surface area contributed by atoms with Crippen molar-refractivity contribution in [1.29, 1.82) is 0 Å². The van der Waals surface area contributed by atoms with Gasteiger partial charge >= 0.3 is 0 Å². The van der Waals surface area contributed by atoms with Gasteiger partial charge in [0.1, 0.15) is 12.4 Å². The fourth-order valence-electron chi connectivity index (χ4n) is 3.59. The monoisotopic (exact) mass is 384 g/mol. The molecule has 1 aromatic carbocycles. The van der Waals surface area contributed by atoms with Gasteiger partial charge in [-0.25, -0.2) is 0 Å². The van der Waals surface area contributed by atoms with Crippen LogP contribution in [0.25, 0.3) is 0 Å². The first kappa shape index (κ1) is 22.2. The van der Waals surface area contributed by atoms with E-state index in [1.807, 2.05) is 24.3 Å². The van der Waals surface area contributed by atoms with Gasteiger partial charge in [0, 0.05) is 12.6 Å². The molecular formula is C24H36N2O2. The number of likely N-dealkylation sites (tertiary alicyclic amines) is 1. The second kappa shape index (κ2) is 11.7. The highest BCUT2D eigenvalue weighted by molar-refractivity contribution is 5.96. The van der Waals surface area contributed by atoms with E-state index in [1.54, 1.807) is 0 Å². The highest BCUT2D eigenvalue weighted by atomic mass is 16.5. The maximum atomic E-state index is 12.7. The fraction of sp³-hybridized carbons (Fsp3) is 0.542. The Morgan fingerprint density at radius 2 is 2.04 bits per heavy atom. The lowest BCUT2D eigenvalue weighted by atomic mass is 10.1. The Morgan fingerprint density at radius 1 is 1.25 bits per heavy atom. The molecule has 2 rings (SSSR count). The summed E-state index contributed by atoms with van der Waals surface area (Å²) in [4.78, 5) is 15.1. The minimum atomic E-state index is -0.0530. The number of benzene rings is 1. The molecule has 28 heavy (non-hydrogen) atoms. The van der Waals surface area contributed by atoms with Gasteiger partial charge in [0.25, 0.3) is 5.91 Å². The number of likely N-dealkylation sites (N-methyl/N-ethyl adjacent to an activating group) is 1. The van der Waals surface area contributed by atoms with Crippen LogP contribution in [0.2, 0.25) is 0 Å². The molecule has 0 saturated carbocycles. The van der Waals surface area contributed by atoms with Gasteiger partial charge in [-0.05, 0) is 77.8 Å². The van der Waals surface area contributed by atoms with Crippen LogP contribution in [-0.4, -0.2) is 43.1 Å². The van der Waals surface area contributed by atoms with Crippen molar-refractivity contribution >= 4 is 5.91 Å². The molecule has 1 amide bonds. The van der Waals surface area contributed by atoms with Gasteiger partial charge in [0.2, 0.25) is 0 Å². The minimum Gasteiger partial charge on any atom is -0.489 e. The summed E-state index contributed by atoms with van der Waals surface area (Å²) in [5, 5.41) is 3.10. The van der Waals surface area contributed by atoms with E-state index < -0.39 is 0 Å². The standard InChI is InChI=1S/C24H36N2O2/c1-5-26-16-9-12-21(26)18-25-24(27)22-13-6-7-14-23(22)28-17-15-20(4)11-8-10-19(2)3/h6-7,10,13-15,21H,5,8-9,11-12,16-18H2,1-4H3,(H,25,27)/b20-15+. The van der Waals surface area contributed by atoms with Crippen molar-refractivity contribution in [2.24, 2.45) is 0 Å². The van der Waals surface area contributed by atoms with E-state index in [0.717, 1.165) is 32.4 Å². The highest BCUT2D eigenvalue weighted by Gasteiger charge is 2.23. The summed E-state index contributed by atoms with van der Waals surface area (Å²) in [5.74, 6) is 0.593. The smallest absolute Gasteiger partial charge is 0.255 e. The Labute approximate surface area is 170 Å². The lowest BCUT2D eigenvalue weighted by Gasteiger charge is -2.23. The van der Waals surface area contributed by atoms with Crippen LogP contribution in [0.3, 0.4) is 0 Å². The summed E-state index contributed by atoms with van der Waals surface area (Å²) in [6.07, 6.45) is 8.81. The minimum absolute atomic E-state index is 0.0530. The number of carbonyl (C=O) groups is 1. The van der Waals surface area contributed by atoms with Gasteiger partial charge in [-0.3, -0.25) is 9.69 Å². The van der Waals surface area contributed by atoms with Crippen LogP contribution in [0.15, 0.2) is 47.6 Å². The van der Waals surface area contributed by atoms with Gasteiger partial charge in [-0.2, -0.15) is 0 Å². The van der Waals surface area contributed by atoms with E-state index in [9.17, 15) is 4.79 Å². The molecule has 0 bridgehead atoms. The van der Waals surface area contributed by atoms with Crippen molar-refractivity contribution in [3.05, 3.63) is 53.1 Å². The number of rotatable bonds is 10. The Morgan fingerprint density at radius 3 is 2.79 bits per heavy atom. The van der Waals surface area contributed by atoms with E-state index in [-0.39, 0.29) is 5.91 Å². The Kier molecular flexibility index (Phi) is 9.29. The summed E-state index contributed by atoms with van der Waals surface area (Å²) in [5.41, 5.74) is 3.27. The molecule has 0 spiro atoms. The second-order valence-electron chi connectivity index (χ2n) is 7.81. The maximum Gasteiger partial charge on any atom is 0.255 e. The van der Waals surface area contributed by atoms with Gasteiger partial charge in [0.05, 0.1) is 5.56 Å². The number of hydrogen-bond donors (Lipinski definition) is 1. The number of amides is 1. The molecule has 1 aromatic rings. The molecule has 0 aliphatic carbocycles. The number of hydrogen-bond acceptors (Lipinski definition) is 3. The lowest BCUT2D eigenvalue weighted by Crippen LogP contribution is -2.40. The van der Waals surface area contributed by atoms with Gasteiger partial charge < -0.3 is 10.1 Å². The van der Waals surface area contributed by atoms with Crippen LogP contribution in [0, 0.1) is 0 Å². The van der Waals surface area contributed by atoms with Crippen molar-refractivity contribution in [3.63, 3.8) is 0 Å². The second-order valence-corrected chi connectivity index (χ2v) is 7.81. The molecule has 1 N–H and O–H groups in total. The highest BCUT2D eigenvalue weighted by Crippen LogP contribution is 2.19. The molecule has 0 aromatic heterocycles. The van der Waals surface area contributed by atoms with E-state index in [2.05, 4.69) is 50.1 Å². The molecule has 1 aliphatic heterocycles. The molecule has 154 valence electrons. The number of nitrogens with zero attached hydrogens (tertiary/aromatic N) is 1. The van der Waals surface area contributed by atoms with Crippen LogP contribution in [0.4, 0.5) is 0 Å². The summed E-state index contributed by atoms with van der Waals surface area (Å²) in [7, 11) is 0. The van der Waals surface area contributed by atoms with Crippen LogP contribution in [0.1, 0.15) is 63.7 Å². The predicted molar refractivity (Wildman–Crippen MR) is 117 cm³/mol. The number of carbonyl (C=O) groups excluding carboxylic acids is 1. The molecule has 1 unspecified atom stereocenters. The average molecular weight is 385 g/mol. The number of nitrogens with one attached hydrogen (secondary N) is 1. The largest absolute Gasteiger partial charge is 0.489 e. The Hall–Kier alpha value is -2.07.